The molecule has 58 heavy (non-hydrogen) atoms. The standard InChI is InChI=1S/C54H40N2O2/c1-3-13-35(14-4-1)36-25-29-39(30-26-36)55(40-31-27-37(28-32-40)41-19-11-20-43-42-17-8-10-24-50(42)57-52(41)43)49-23-12-21-44-45-33-34-48-51(54(45)58-53(44)49)46-18-7-9-22-47(46)56(48)38-15-5-2-6-16-38/h1-29,31-34,39,44,46-47,53H,30H2. The molecule has 3 aliphatic carbocycles. The number of hydrogen-bond donors (Lipinski definition) is 0. The molecule has 2 aliphatic heterocycles. The van der Waals surface area contributed by atoms with E-state index in [1.807, 2.05) is 12.1 Å². The quantitative estimate of drug-likeness (QED) is 0.169. The van der Waals surface area contributed by atoms with Gasteiger partial charge in [-0.05, 0) is 65.6 Å². The Morgan fingerprint density at radius 2 is 1.40 bits per heavy atom. The van der Waals surface area contributed by atoms with Crippen LogP contribution in [-0.4, -0.2) is 18.2 Å². The summed E-state index contributed by atoms with van der Waals surface area (Å²) in [7, 11) is 0. The highest BCUT2D eigenvalue weighted by atomic mass is 16.5. The molecule has 0 N–H and O–H groups in total. The molecule has 5 unspecified atom stereocenters. The molecule has 0 radical (unpaired) electrons. The fourth-order valence-electron chi connectivity index (χ4n) is 10.1. The zero-order valence-corrected chi connectivity index (χ0v) is 31.9. The number of hydrogen-bond acceptors (Lipinski definition) is 4. The maximum absolute atomic E-state index is 7.36. The Morgan fingerprint density at radius 3 is 2.24 bits per heavy atom. The van der Waals surface area contributed by atoms with Gasteiger partial charge in [-0.25, -0.2) is 0 Å². The zero-order chi connectivity index (χ0) is 38.2. The maximum Gasteiger partial charge on any atom is 0.149 e. The molecule has 0 spiro atoms. The fourth-order valence-corrected chi connectivity index (χ4v) is 10.1. The van der Waals surface area contributed by atoms with Crippen molar-refractivity contribution in [1.29, 1.82) is 0 Å². The lowest BCUT2D eigenvalue weighted by Crippen LogP contribution is -2.41. The van der Waals surface area contributed by atoms with Gasteiger partial charge in [0.1, 0.15) is 23.0 Å². The van der Waals surface area contributed by atoms with E-state index in [2.05, 4.69) is 198 Å². The van der Waals surface area contributed by atoms with Crippen LogP contribution in [0.3, 0.4) is 0 Å². The molecule has 0 fully saturated rings. The molecule has 7 aromatic rings. The Morgan fingerprint density at radius 1 is 0.621 bits per heavy atom. The van der Waals surface area contributed by atoms with E-state index in [-0.39, 0.29) is 30.0 Å². The van der Waals surface area contributed by atoms with Gasteiger partial charge in [0.05, 0.1) is 17.8 Å². The van der Waals surface area contributed by atoms with Crippen molar-refractivity contribution in [2.24, 2.45) is 0 Å². The largest absolute Gasteiger partial charge is 0.483 e. The monoisotopic (exact) mass is 748 g/mol. The third kappa shape index (κ3) is 5.14. The van der Waals surface area contributed by atoms with Crippen molar-refractivity contribution >= 4 is 44.6 Å². The molecule has 5 aliphatic rings. The minimum atomic E-state index is -0.171. The van der Waals surface area contributed by atoms with Crippen LogP contribution in [-0.2, 0) is 0 Å². The first-order valence-electron chi connectivity index (χ1n) is 20.4. The van der Waals surface area contributed by atoms with Gasteiger partial charge < -0.3 is 19.0 Å². The van der Waals surface area contributed by atoms with Crippen molar-refractivity contribution in [2.75, 3.05) is 9.80 Å². The van der Waals surface area contributed by atoms with E-state index in [4.69, 9.17) is 9.15 Å². The molecule has 6 aromatic carbocycles. The molecular formula is C54H40N2O2. The molecule has 3 heterocycles. The summed E-state index contributed by atoms with van der Waals surface area (Å²) in [5.74, 6) is 1.34. The molecule has 12 rings (SSSR count). The molecule has 0 saturated heterocycles. The predicted octanol–water partition coefficient (Wildman–Crippen LogP) is 13.2. The van der Waals surface area contributed by atoms with Crippen LogP contribution in [0.1, 0.15) is 34.9 Å². The second-order valence-electron chi connectivity index (χ2n) is 15.8. The Kier molecular flexibility index (Phi) is 7.59. The highest BCUT2D eigenvalue weighted by Crippen LogP contribution is 2.57. The van der Waals surface area contributed by atoms with Crippen molar-refractivity contribution in [3.8, 4) is 16.9 Å². The Labute approximate surface area is 338 Å². The lowest BCUT2D eigenvalue weighted by molar-refractivity contribution is 0.247. The summed E-state index contributed by atoms with van der Waals surface area (Å²) < 4.78 is 13.8. The topological polar surface area (TPSA) is 28.9 Å². The van der Waals surface area contributed by atoms with Crippen LogP contribution < -0.4 is 14.5 Å². The van der Waals surface area contributed by atoms with Crippen molar-refractivity contribution in [3.05, 3.63) is 223 Å². The van der Waals surface area contributed by atoms with Crippen LogP contribution in [0.2, 0.25) is 0 Å². The second-order valence-corrected chi connectivity index (χ2v) is 15.8. The number of allylic oxidation sites excluding steroid dienone is 6. The Balaban J connectivity index is 0.937. The average Bonchev–Trinajstić information content (AvgIpc) is 3.98. The highest BCUT2D eigenvalue weighted by molar-refractivity contribution is 6.09. The van der Waals surface area contributed by atoms with Gasteiger partial charge in [0, 0.05) is 56.4 Å². The number of furan rings is 1. The van der Waals surface area contributed by atoms with Gasteiger partial charge in [-0.1, -0.05) is 158 Å². The lowest BCUT2D eigenvalue weighted by atomic mass is 9.85. The first-order valence-corrected chi connectivity index (χ1v) is 20.4. The van der Waals surface area contributed by atoms with Gasteiger partial charge in [-0.15, -0.1) is 0 Å². The molecule has 0 saturated carbocycles. The van der Waals surface area contributed by atoms with Gasteiger partial charge in [-0.2, -0.15) is 0 Å². The summed E-state index contributed by atoms with van der Waals surface area (Å²) in [6.45, 7) is 0. The third-order valence-electron chi connectivity index (χ3n) is 12.7. The summed E-state index contributed by atoms with van der Waals surface area (Å²) in [6.07, 6.45) is 23.7. The molecule has 5 atom stereocenters. The van der Waals surface area contributed by atoms with E-state index in [0.717, 1.165) is 50.9 Å². The van der Waals surface area contributed by atoms with Crippen LogP contribution in [0.4, 0.5) is 17.1 Å². The van der Waals surface area contributed by atoms with Gasteiger partial charge in [0.15, 0.2) is 0 Å². The van der Waals surface area contributed by atoms with E-state index >= 15 is 0 Å². The van der Waals surface area contributed by atoms with Crippen molar-refractivity contribution in [2.45, 2.75) is 36.4 Å². The highest BCUT2D eigenvalue weighted by Gasteiger charge is 2.47. The number of anilines is 3. The Hall–Kier alpha value is -7.04. The molecule has 0 amide bonds. The number of ether oxygens (including phenoxy) is 1. The first kappa shape index (κ1) is 33.1. The second kappa shape index (κ2) is 13.3. The number of fused-ring (bicyclic) bond motifs is 10. The van der Waals surface area contributed by atoms with Gasteiger partial charge in [-0.3, -0.25) is 0 Å². The van der Waals surface area contributed by atoms with Crippen LogP contribution in [0.5, 0.6) is 5.75 Å². The molecular weight excluding hydrogens is 709 g/mol. The van der Waals surface area contributed by atoms with Gasteiger partial charge in [0.25, 0.3) is 0 Å². The maximum atomic E-state index is 7.36. The molecule has 4 heteroatoms. The number of benzene rings is 6. The van der Waals surface area contributed by atoms with Gasteiger partial charge in [0.2, 0.25) is 0 Å². The fraction of sp³-hybridized carbons (Fsp3) is 0.111. The lowest BCUT2D eigenvalue weighted by Gasteiger charge is -2.39. The molecule has 0 bridgehead atoms. The van der Waals surface area contributed by atoms with Crippen molar-refractivity contribution in [1.82, 2.24) is 0 Å². The van der Waals surface area contributed by atoms with Crippen LogP contribution >= 0.6 is 0 Å². The number of rotatable bonds is 6. The Bertz CT molecular complexity index is 2930. The summed E-state index contributed by atoms with van der Waals surface area (Å²) in [5, 5.41) is 2.28. The minimum absolute atomic E-state index is 0.0953. The molecule has 4 nitrogen and oxygen atoms in total. The van der Waals surface area contributed by atoms with Crippen LogP contribution in [0, 0.1) is 0 Å². The smallest absolute Gasteiger partial charge is 0.149 e. The van der Waals surface area contributed by atoms with Crippen LogP contribution in [0.25, 0.3) is 38.6 Å². The predicted molar refractivity (Wildman–Crippen MR) is 238 cm³/mol. The minimum Gasteiger partial charge on any atom is -0.483 e. The van der Waals surface area contributed by atoms with E-state index in [0.29, 0.717) is 0 Å². The summed E-state index contributed by atoms with van der Waals surface area (Å²) in [5.41, 5.74) is 13.8. The first-order chi connectivity index (χ1) is 28.8. The average molecular weight is 749 g/mol. The summed E-state index contributed by atoms with van der Waals surface area (Å²) in [4.78, 5) is 5.01. The van der Waals surface area contributed by atoms with Crippen LogP contribution in [0.15, 0.2) is 210 Å². The molecule has 1 aromatic heterocycles. The SMILES string of the molecule is C1=CC2c3ccc4c(c3OC2C(N(c2ccc(-c3cccc5c3oc3ccccc35)cc2)C2C=CC(c3ccccc3)=CC2)=C1)C1C=CC=CC1N4c1ccccc1. The summed E-state index contributed by atoms with van der Waals surface area (Å²) >= 11 is 0. The normalized spacial score (nSPS) is 22.3. The molecule has 278 valence electrons. The van der Waals surface area contributed by atoms with Crippen molar-refractivity contribution < 1.29 is 9.15 Å². The van der Waals surface area contributed by atoms with E-state index in [1.54, 1.807) is 0 Å². The zero-order valence-electron chi connectivity index (χ0n) is 31.9. The van der Waals surface area contributed by atoms with E-state index in [9.17, 15) is 0 Å². The third-order valence-corrected chi connectivity index (χ3v) is 12.7. The van der Waals surface area contributed by atoms with E-state index in [1.165, 1.54) is 39.3 Å². The van der Waals surface area contributed by atoms with E-state index < -0.39 is 0 Å². The summed E-state index contributed by atoms with van der Waals surface area (Å²) in [6, 6.07) is 50.2. The van der Waals surface area contributed by atoms with Crippen molar-refractivity contribution in [3.63, 3.8) is 0 Å². The van der Waals surface area contributed by atoms with Gasteiger partial charge >= 0.3 is 0 Å². The number of nitrogens with zero attached hydrogens (tertiary/aromatic N) is 2. The number of para-hydroxylation sites is 3.